The van der Waals surface area contributed by atoms with Crippen molar-refractivity contribution in [1.82, 2.24) is 0 Å². The van der Waals surface area contributed by atoms with Gasteiger partial charge >= 0.3 is 0 Å². The molecule has 1 heterocycles. The molecule has 0 saturated heterocycles. The molecule has 4 heteroatoms. The number of hydrogen-bond donors (Lipinski definition) is 1. The maximum absolute atomic E-state index is 13.1. The topological polar surface area (TPSA) is 29.1 Å². The number of nitrogens with one attached hydrogen (secondary N) is 1. The summed E-state index contributed by atoms with van der Waals surface area (Å²) >= 11 is 1.60. The molecule has 3 rings (SSSR count). The molecular formula is C17H16FNOS. The van der Waals surface area contributed by atoms with E-state index in [-0.39, 0.29) is 17.0 Å². The maximum Gasteiger partial charge on any atom is 0.238 e. The summed E-state index contributed by atoms with van der Waals surface area (Å²) in [4.78, 5) is 13.6. The standard InChI is InChI=1S/C17H16FNOS/c1-10-3-4-12-9-16(21-15(12)7-10)17(20)19-14-6-5-13(18)8-11(14)2/h3-8,16H,9H2,1-2H3,(H,19,20)/t16-/m0/s1. The van der Waals surface area contributed by atoms with Gasteiger partial charge in [-0.2, -0.15) is 0 Å². The van der Waals surface area contributed by atoms with Crippen LogP contribution in [0.4, 0.5) is 10.1 Å². The molecule has 0 bridgehead atoms. The van der Waals surface area contributed by atoms with Crippen LogP contribution < -0.4 is 5.32 Å². The summed E-state index contributed by atoms with van der Waals surface area (Å²) < 4.78 is 13.1. The zero-order valence-corrected chi connectivity index (χ0v) is 12.8. The van der Waals surface area contributed by atoms with Crippen LogP contribution in [0.5, 0.6) is 0 Å². The van der Waals surface area contributed by atoms with Crippen molar-refractivity contribution in [2.45, 2.75) is 30.4 Å². The molecule has 1 amide bonds. The first kappa shape index (κ1) is 14.1. The molecule has 21 heavy (non-hydrogen) atoms. The summed E-state index contributed by atoms with van der Waals surface area (Å²) in [5, 5.41) is 2.78. The molecule has 2 aromatic rings. The van der Waals surface area contributed by atoms with Crippen LogP contribution in [0, 0.1) is 19.7 Å². The van der Waals surface area contributed by atoms with Crippen LogP contribution in [0.1, 0.15) is 16.7 Å². The monoisotopic (exact) mass is 301 g/mol. The third kappa shape index (κ3) is 2.95. The van der Waals surface area contributed by atoms with Gasteiger partial charge in [-0.1, -0.05) is 17.7 Å². The Morgan fingerprint density at radius 2 is 2.05 bits per heavy atom. The van der Waals surface area contributed by atoms with Gasteiger partial charge in [0, 0.05) is 10.6 Å². The Morgan fingerprint density at radius 3 is 2.81 bits per heavy atom. The fourth-order valence-electron chi connectivity index (χ4n) is 2.46. The molecule has 0 fully saturated rings. The Morgan fingerprint density at radius 1 is 1.24 bits per heavy atom. The summed E-state index contributed by atoms with van der Waals surface area (Å²) in [5.74, 6) is -0.313. The second kappa shape index (κ2) is 5.53. The lowest BCUT2D eigenvalue weighted by molar-refractivity contribution is -0.115. The van der Waals surface area contributed by atoms with Gasteiger partial charge in [-0.15, -0.1) is 11.8 Å². The molecule has 1 atom stereocenters. The molecule has 1 aliphatic heterocycles. The highest BCUT2D eigenvalue weighted by Crippen LogP contribution is 2.38. The van der Waals surface area contributed by atoms with Gasteiger partial charge in [0.15, 0.2) is 0 Å². The van der Waals surface area contributed by atoms with Crippen molar-refractivity contribution in [2.24, 2.45) is 0 Å². The van der Waals surface area contributed by atoms with E-state index < -0.39 is 0 Å². The van der Waals surface area contributed by atoms with Gasteiger partial charge < -0.3 is 5.32 Å². The van der Waals surface area contributed by atoms with E-state index in [0.717, 1.165) is 12.0 Å². The lowest BCUT2D eigenvalue weighted by Crippen LogP contribution is -2.25. The highest BCUT2D eigenvalue weighted by atomic mass is 32.2. The fourth-order valence-corrected chi connectivity index (χ4v) is 3.75. The highest BCUT2D eigenvalue weighted by Gasteiger charge is 2.28. The van der Waals surface area contributed by atoms with E-state index in [2.05, 4.69) is 30.4 Å². The molecular weight excluding hydrogens is 285 g/mol. The van der Waals surface area contributed by atoms with Gasteiger partial charge in [0.1, 0.15) is 5.82 Å². The van der Waals surface area contributed by atoms with Crippen LogP contribution in [-0.4, -0.2) is 11.2 Å². The summed E-state index contributed by atoms with van der Waals surface area (Å²) in [6.45, 7) is 3.84. The van der Waals surface area contributed by atoms with Crippen molar-refractivity contribution in [3.8, 4) is 0 Å². The molecule has 1 aliphatic rings. The van der Waals surface area contributed by atoms with Gasteiger partial charge in [0.2, 0.25) is 5.91 Å². The number of halogens is 1. The normalized spacial score (nSPS) is 16.6. The van der Waals surface area contributed by atoms with Crippen molar-refractivity contribution >= 4 is 23.4 Å². The van der Waals surface area contributed by atoms with E-state index in [1.807, 2.05) is 0 Å². The number of aryl methyl sites for hydroxylation is 2. The van der Waals surface area contributed by atoms with Crippen LogP contribution in [0.25, 0.3) is 0 Å². The van der Waals surface area contributed by atoms with E-state index in [0.29, 0.717) is 5.69 Å². The number of carbonyl (C=O) groups is 1. The minimum absolute atomic E-state index is 0.0245. The van der Waals surface area contributed by atoms with E-state index in [4.69, 9.17) is 0 Å². The number of anilines is 1. The predicted octanol–water partition coefficient (Wildman–Crippen LogP) is 4.10. The SMILES string of the molecule is Cc1ccc2c(c1)S[C@H](C(=O)Nc1ccc(F)cc1C)C2. The average molecular weight is 301 g/mol. The molecule has 0 spiro atoms. The van der Waals surface area contributed by atoms with Crippen LogP contribution in [0.2, 0.25) is 0 Å². The molecule has 108 valence electrons. The lowest BCUT2D eigenvalue weighted by atomic mass is 10.1. The summed E-state index contributed by atoms with van der Waals surface area (Å²) in [7, 11) is 0. The first-order valence-electron chi connectivity index (χ1n) is 6.86. The van der Waals surface area contributed by atoms with Crippen molar-refractivity contribution in [1.29, 1.82) is 0 Å². The Bertz CT molecular complexity index is 714. The van der Waals surface area contributed by atoms with Gasteiger partial charge in [-0.05, 0) is 55.7 Å². The summed E-state index contributed by atoms with van der Waals surface area (Å²) in [6, 6.07) is 10.7. The minimum Gasteiger partial charge on any atom is -0.325 e. The van der Waals surface area contributed by atoms with E-state index >= 15 is 0 Å². The smallest absolute Gasteiger partial charge is 0.238 e. The van der Waals surface area contributed by atoms with E-state index in [1.54, 1.807) is 24.8 Å². The lowest BCUT2D eigenvalue weighted by Gasteiger charge is -2.12. The van der Waals surface area contributed by atoms with Crippen LogP contribution in [0.15, 0.2) is 41.3 Å². The third-order valence-electron chi connectivity index (χ3n) is 3.64. The summed E-state index contributed by atoms with van der Waals surface area (Å²) in [5.41, 5.74) is 3.84. The third-order valence-corrected chi connectivity index (χ3v) is 4.94. The van der Waals surface area contributed by atoms with E-state index in [1.165, 1.54) is 28.2 Å². The first-order valence-corrected chi connectivity index (χ1v) is 7.74. The van der Waals surface area contributed by atoms with Crippen molar-refractivity contribution in [2.75, 3.05) is 5.32 Å². The number of thioether (sulfide) groups is 1. The number of carbonyl (C=O) groups excluding carboxylic acids is 1. The predicted molar refractivity (Wildman–Crippen MR) is 84.3 cm³/mol. The second-order valence-corrected chi connectivity index (χ2v) is 6.61. The van der Waals surface area contributed by atoms with Gasteiger partial charge in [-0.25, -0.2) is 4.39 Å². The Labute approximate surface area is 127 Å². The maximum atomic E-state index is 13.1. The average Bonchev–Trinajstić information content (AvgIpc) is 2.85. The van der Waals surface area contributed by atoms with E-state index in [9.17, 15) is 9.18 Å². The van der Waals surface area contributed by atoms with Crippen LogP contribution >= 0.6 is 11.8 Å². The Kier molecular flexibility index (Phi) is 3.72. The zero-order chi connectivity index (χ0) is 15.0. The van der Waals surface area contributed by atoms with Gasteiger partial charge in [-0.3, -0.25) is 4.79 Å². The number of rotatable bonds is 2. The van der Waals surface area contributed by atoms with Gasteiger partial charge in [0.05, 0.1) is 5.25 Å². The number of benzene rings is 2. The Balaban J connectivity index is 1.73. The van der Waals surface area contributed by atoms with Crippen molar-refractivity contribution in [3.63, 3.8) is 0 Å². The molecule has 2 nitrogen and oxygen atoms in total. The molecule has 0 aromatic heterocycles. The quantitative estimate of drug-likeness (QED) is 0.905. The molecule has 0 aliphatic carbocycles. The highest BCUT2D eigenvalue weighted by molar-refractivity contribution is 8.01. The zero-order valence-electron chi connectivity index (χ0n) is 11.9. The fraction of sp³-hybridized carbons (Fsp3) is 0.235. The van der Waals surface area contributed by atoms with Gasteiger partial charge in [0.25, 0.3) is 0 Å². The molecule has 0 saturated carbocycles. The van der Waals surface area contributed by atoms with Crippen molar-refractivity contribution in [3.05, 3.63) is 58.9 Å². The van der Waals surface area contributed by atoms with Crippen LogP contribution in [0.3, 0.4) is 0 Å². The number of fused-ring (bicyclic) bond motifs is 1. The largest absolute Gasteiger partial charge is 0.325 e. The molecule has 2 aromatic carbocycles. The number of hydrogen-bond acceptors (Lipinski definition) is 2. The van der Waals surface area contributed by atoms with Crippen LogP contribution in [-0.2, 0) is 11.2 Å². The Hall–Kier alpha value is -1.81. The first-order chi connectivity index (χ1) is 10.0. The minimum atomic E-state index is -0.288. The number of amides is 1. The summed E-state index contributed by atoms with van der Waals surface area (Å²) in [6.07, 6.45) is 0.742. The molecule has 0 unspecified atom stereocenters. The molecule has 1 N–H and O–H groups in total. The molecule has 0 radical (unpaired) electrons. The van der Waals surface area contributed by atoms with Crippen molar-refractivity contribution < 1.29 is 9.18 Å². The second-order valence-electron chi connectivity index (χ2n) is 5.37.